The summed E-state index contributed by atoms with van der Waals surface area (Å²) in [6, 6.07) is 13.7. The number of pyridine rings is 2. The standard InChI is InChI=1S/C20H19FN4O/c21-18-4-2-1-3-16(18)7-12-24-20(26)17-8-11-23-19(13-17)25-14-15-5-9-22-10-6-15/h1-6,8-11,13H,7,12,14H2,(H,23,25)(H,24,26). The number of nitrogens with zero attached hydrogens (tertiary/aromatic N) is 2. The van der Waals surface area contributed by atoms with Crippen LogP contribution in [0.2, 0.25) is 0 Å². The van der Waals surface area contributed by atoms with Crippen LogP contribution in [-0.2, 0) is 13.0 Å². The number of hydrogen-bond acceptors (Lipinski definition) is 4. The second-order valence-corrected chi connectivity index (χ2v) is 5.74. The Morgan fingerprint density at radius 3 is 2.65 bits per heavy atom. The summed E-state index contributed by atoms with van der Waals surface area (Å²) in [6.07, 6.45) is 5.48. The molecule has 1 aromatic carbocycles. The van der Waals surface area contributed by atoms with Crippen LogP contribution in [0.25, 0.3) is 0 Å². The highest BCUT2D eigenvalue weighted by molar-refractivity contribution is 5.94. The molecule has 2 N–H and O–H groups in total. The van der Waals surface area contributed by atoms with Gasteiger partial charge in [-0.2, -0.15) is 0 Å². The SMILES string of the molecule is O=C(NCCc1ccccc1F)c1ccnc(NCc2ccncc2)c1. The molecule has 0 saturated heterocycles. The third-order valence-corrected chi connectivity index (χ3v) is 3.88. The fourth-order valence-corrected chi connectivity index (χ4v) is 2.48. The van der Waals surface area contributed by atoms with E-state index in [2.05, 4.69) is 20.6 Å². The van der Waals surface area contributed by atoms with Gasteiger partial charge in [0.15, 0.2) is 0 Å². The molecular formula is C20H19FN4O. The topological polar surface area (TPSA) is 66.9 Å². The van der Waals surface area contributed by atoms with Crippen molar-refractivity contribution in [2.24, 2.45) is 0 Å². The van der Waals surface area contributed by atoms with Gasteiger partial charge in [0.25, 0.3) is 5.91 Å². The van der Waals surface area contributed by atoms with Crippen molar-refractivity contribution >= 4 is 11.7 Å². The summed E-state index contributed by atoms with van der Waals surface area (Å²) < 4.78 is 13.6. The first kappa shape index (κ1) is 17.5. The molecular weight excluding hydrogens is 331 g/mol. The quantitative estimate of drug-likeness (QED) is 0.687. The first-order chi connectivity index (χ1) is 12.7. The molecule has 1 amide bonds. The molecule has 0 aliphatic rings. The van der Waals surface area contributed by atoms with Crippen molar-refractivity contribution in [2.75, 3.05) is 11.9 Å². The molecule has 0 bridgehead atoms. The summed E-state index contributed by atoms with van der Waals surface area (Å²) in [5.74, 6) is 0.146. The van der Waals surface area contributed by atoms with Crippen molar-refractivity contribution in [1.29, 1.82) is 0 Å². The third kappa shape index (κ3) is 4.86. The molecule has 3 rings (SSSR count). The number of halogens is 1. The molecule has 6 heteroatoms. The highest BCUT2D eigenvalue weighted by atomic mass is 19.1. The predicted octanol–water partition coefficient (Wildman–Crippen LogP) is 3.20. The van der Waals surface area contributed by atoms with E-state index in [0.29, 0.717) is 36.5 Å². The zero-order chi connectivity index (χ0) is 18.2. The Morgan fingerprint density at radius 2 is 1.85 bits per heavy atom. The van der Waals surface area contributed by atoms with Crippen LogP contribution < -0.4 is 10.6 Å². The minimum absolute atomic E-state index is 0.212. The fraction of sp³-hybridized carbons (Fsp3) is 0.150. The Balaban J connectivity index is 1.53. The molecule has 0 spiro atoms. The molecule has 0 saturated carbocycles. The molecule has 0 unspecified atom stereocenters. The van der Waals surface area contributed by atoms with Crippen LogP contribution in [0.3, 0.4) is 0 Å². The number of rotatable bonds is 7. The molecule has 0 fully saturated rings. The van der Waals surface area contributed by atoms with Crippen molar-refractivity contribution in [3.8, 4) is 0 Å². The summed E-state index contributed by atoms with van der Waals surface area (Å²) in [4.78, 5) is 20.5. The number of carbonyl (C=O) groups is 1. The van der Waals surface area contributed by atoms with Gasteiger partial charge in [-0.1, -0.05) is 18.2 Å². The van der Waals surface area contributed by atoms with Crippen LogP contribution in [0.1, 0.15) is 21.5 Å². The highest BCUT2D eigenvalue weighted by Gasteiger charge is 2.07. The fourth-order valence-electron chi connectivity index (χ4n) is 2.48. The van der Waals surface area contributed by atoms with Crippen molar-refractivity contribution in [1.82, 2.24) is 15.3 Å². The van der Waals surface area contributed by atoms with E-state index in [1.54, 1.807) is 48.9 Å². The lowest BCUT2D eigenvalue weighted by Gasteiger charge is -2.09. The molecule has 132 valence electrons. The second kappa shape index (κ2) is 8.71. The summed E-state index contributed by atoms with van der Waals surface area (Å²) >= 11 is 0. The maximum atomic E-state index is 13.6. The molecule has 0 radical (unpaired) electrons. The van der Waals surface area contributed by atoms with Gasteiger partial charge in [0.05, 0.1) is 0 Å². The van der Waals surface area contributed by atoms with E-state index < -0.39 is 0 Å². The van der Waals surface area contributed by atoms with E-state index in [0.717, 1.165) is 5.56 Å². The number of amides is 1. The zero-order valence-electron chi connectivity index (χ0n) is 14.2. The number of benzene rings is 1. The number of hydrogen-bond donors (Lipinski definition) is 2. The van der Waals surface area contributed by atoms with Gasteiger partial charge in [0, 0.05) is 37.2 Å². The van der Waals surface area contributed by atoms with Gasteiger partial charge < -0.3 is 10.6 Å². The summed E-state index contributed by atoms with van der Waals surface area (Å²) in [6.45, 7) is 0.954. The van der Waals surface area contributed by atoms with E-state index in [9.17, 15) is 9.18 Å². The average Bonchev–Trinajstić information content (AvgIpc) is 2.69. The van der Waals surface area contributed by atoms with Gasteiger partial charge in [0.1, 0.15) is 11.6 Å². The second-order valence-electron chi connectivity index (χ2n) is 5.74. The normalized spacial score (nSPS) is 10.3. The van der Waals surface area contributed by atoms with Gasteiger partial charge in [-0.15, -0.1) is 0 Å². The van der Waals surface area contributed by atoms with E-state index in [1.165, 1.54) is 6.07 Å². The summed E-state index contributed by atoms with van der Waals surface area (Å²) in [5, 5.41) is 5.98. The van der Waals surface area contributed by atoms with Gasteiger partial charge in [-0.3, -0.25) is 9.78 Å². The lowest BCUT2D eigenvalue weighted by molar-refractivity contribution is 0.0954. The molecule has 0 aliphatic heterocycles. The largest absolute Gasteiger partial charge is 0.366 e. The van der Waals surface area contributed by atoms with Crippen LogP contribution in [0, 0.1) is 5.82 Å². The lowest BCUT2D eigenvalue weighted by atomic mass is 10.1. The van der Waals surface area contributed by atoms with E-state index in [-0.39, 0.29) is 11.7 Å². The first-order valence-electron chi connectivity index (χ1n) is 8.33. The van der Waals surface area contributed by atoms with Gasteiger partial charge in [0.2, 0.25) is 0 Å². The van der Waals surface area contributed by atoms with E-state index in [4.69, 9.17) is 0 Å². The molecule has 2 aromatic heterocycles. The Morgan fingerprint density at radius 1 is 1.04 bits per heavy atom. The molecule has 5 nitrogen and oxygen atoms in total. The molecule has 0 aliphatic carbocycles. The average molecular weight is 350 g/mol. The molecule has 0 atom stereocenters. The van der Waals surface area contributed by atoms with Crippen LogP contribution in [0.15, 0.2) is 67.1 Å². The number of anilines is 1. The Hall–Kier alpha value is -3.28. The van der Waals surface area contributed by atoms with Gasteiger partial charge in [-0.25, -0.2) is 9.37 Å². The molecule has 2 heterocycles. The van der Waals surface area contributed by atoms with Crippen LogP contribution in [-0.4, -0.2) is 22.4 Å². The van der Waals surface area contributed by atoms with Crippen molar-refractivity contribution in [2.45, 2.75) is 13.0 Å². The Kier molecular flexibility index (Phi) is 5.88. The highest BCUT2D eigenvalue weighted by Crippen LogP contribution is 2.10. The van der Waals surface area contributed by atoms with Gasteiger partial charge >= 0.3 is 0 Å². The number of carbonyl (C=O) groups excluding carboxylic acids is 1. The summed E-state index contributed by atoms with van der Waals surface area (Å²) in [5.41, 5.74) is 2.16. The van der Waals surface area contributed by atoms with E-state index in [1.807, 2.05) is 12.1 Å². The van der Waals surface area contributed by atoms with Crippen molar-refractivity contribution in [3.63, 3.8) is 0 Å². The van der Waals surface area contributed by atoms with Crippen LogP contribution in [0.4, 0.5) is 10.2 Å². The zero-order valence-corrected chi connectivity index (χ0v) is 14.2. The lowest BCUT2D eigenvalue weighted by Crippen LogP contribution is -2.26. The smallest absolute Gasteiger partial charge is 0.251 e. The van der Waals surface area contributed by atoms with Crippen molar-refractivity contribution in [3.05, 3.63) is 89.6 Å². The maximum absolute atomic E-state index is 13.6. The van der Waals surface area contributed by atoms with Gasteiger partial charge in [-0.05, 0) is 47.9 Å². The molecule has 3 aromatic rings. The van der Waals surface area contributed by atoms with Crippen LogP contribution >= 0.6 is 0 Å². The minimum Gasteiger partial charge on any atom is -0.366 e. The van der Waals surface area contributed by atoms with E-state index >= 15 is 0 Å². The van der Waals surface area contributed by atoms with Crippen molar-refractivity contribution < 1.29 is 9.18 Å². The van der Waals surface area contributed by atoms with Crippen LogP contribution in [0.5, 0.6) is 0 Å². The minimum atomic E-state index is -0.256. The maximum Gasteiger partial charge on any atom is 0.251 e. The number of aromatic nitrogens is 2. The first-order valence-corrected chi connectivity index (χ1v) is 8.33. The molecule has 26 heavy (non-hydrogen) atoms. The monoisotopic (exact) mass is 350 g/mol. The Bertz CT molecular complexity index is 870. The predicted molar refractivity (Wildman–Crippen MR) is 98.2 cm³/mol. The Labute approximate surface area is 151 Å². The summed E-state index contributed by atoms with van der Waals surface area (Å²) in [7, 11) is 0. The number of nitrogens with one attached hydrogen (secondary N) is 2. The third-order valence-electron chi connectivity index (χ3n) is 3.88.